The minimum Gasteiger partial charge on any atom is -0.341 e. The standard InChI is InChI=1S/C12H20N4O/c1-10(12(17)16-5-3-4-6-16)14-8-11-7-13-9-15(11)2/h7,9-10,14H,3-6,8H2,1-2H3. The van der Waals surface area contributed by atoms with Crippen molar-refractivity contribution in [2.24, 2.45) is 7.05 Å². The average Bonchev–Trinajstić information content (AvgIpc) is 2.96. The summed E-state index contributed by atoms with van der Waals surface area (Å²) in [5.74, 6) is 0.213. The summed E-state index contributed by atoms with van der Waals surface area (Å²) >= 11 is 0. The van der Waals surface area contributed by atoms with Crippen LogP contribution in [0, 0.1) is 0 Å². The lowest BCUT2D eigenvalue weighted by atomic mass is 10.3. The molecule has 2 rings (SSSR count). The largest absolute Gasteiger partial charge is 0.341 e. The van der Waals surface area contributed by atoms with E-state index in [1.54, 1.807) is 6.33 Å². The van der Waals surface area contributed by atoms with E-state index >= 15 is 0 Å². The van der Waals surface area contributed by atoms with Gasteiger partial charge >= 0.3 is 0 Å². The molecule has 1 unspecified atom stereocenters. The third-order valence-electron chi connectivity index (χ3n) is 3.29. The highest BCUT2D eigenvalue weighted by molar-refractivity contribution is 5.81. The molecule has 0 saturated carbocycles. The first kappa shape index (κ1) is 12.1. The van der Waals surface area contributed by atoms with Crippen LogP contribution in [0.1, 0.15) is 25.5 Å². The SMILES string of the molecule is CC(NCc1cncn1C)C(=O)N1CCCC1. The zero-order valence-corrected chi connectivity index (χ0v) is 10.5. The fourth-order valence-electron chi connectivity index (χ4n) is 2.11. The Morgan fingerprint density at radius 1 is 1.53 bits per heavy atom. The summed E-state index contributed by atoms with van der Waals surface area (Å²) in [6.45, 7) is 4.43. The normalized spacial score (nSPS) is 17.4. The Balaban J connectivity index is 1.82. The highest BCUT2D eigenvalue weighted by Crippen LogP contribution is 2.09. The first-order valence-corrected chi connectivity index (χ1v) is 6.16. The van der Waals surface area contributed by atoms with E-state index in [4.69, 9.17) is 0 Å². The molecule has 0 spiro atoms. The number of carbonyl (C=O) groups is 1. The third-order valence-corrected chi connectivity index (χ3v) is 3.29. The maximum absolute atomic E-state index is 12.0. The summed E-state index contributed by atoms with van der Waals surface area (Å²) < 4.78 is 1.96. The van der Waals surface area contributed by atoms with Crippen molar-refractivity contribution in [1.29, 1.82) is 0 Å². The molecule has 1 aromatic heterocycles. The number of amides is 1. The molecule has 1 atom stereocenters. The highest BCUT2D eigenvalue weighted by atomic mass is 16.2. The monoisotopic (exact) mass is 236 g/mol. The topological polar surface area (TPSA) is 50.2 Å². The van der Waals surface area contributed by atoms with Crippen LogP contribution in [0.15, 0.2) is 12.5 Å². The van der Waals surface area contributed by atoms with Crippen molar-refractivity contribution in [3.05, 3.63) is 18.2 Å². The lowest BCUT2D eigenvalue weighted by Gasteiger charge is -2.21. The minimum atomic E-state index is -0.122. The van der Waals surface area contributed by atoms with Crippen molar-refractivity contribution in [2.45, 2.75) is 32.4 Å². The van der Waals surface area contributed by atoms with Gasteiger partial charge in [0, 0.05) is 32.9 Å². The molecule has 1 saturated heterocycles. The maximum atomic E-state index is 12.0. The van der Waals surface area contributed by atoms with Crippen molar-refractivity contribution in [3.63, 3.8) is 0 Å². The molecule has 1 aromatic rings. The Morgan fingerprint density at radius 3 is 2.82 bits per heavy atom. The van der Waals surface area contributed by atoms with Gasteiger partial charge < -0.3 is 14.8 Å². The second-order valence-electron chi connectivity index (χ2n) is 4.63. The second kappa shape index (κ2) is 5.31. The molecule has 5 heteroatoms. The molecule has 0 radical (unpaired) electrons. The van der Waals surface area contributed by atoms with Gasteiger partial charge in [-0.15, -0.1) is 0 Å². The summed E-state index contributed by atoms with van der Waals surface area (Å²) in [5, 5.41) is 3.25. The van der Waals surface area contributed by atoms with Gasteiger partial charge in [0.05, 0.1) is 18.1 Å². The van der Waals surface area contributed by atoms with E-state index in [9.17, 15) is 4.79 Å². The fourth-order valence-corrected chi connectivity index (χ4v) is 2.11. The van der Waals surface area contributed by atoms with Crippen LogP contribution in [0.3, 0.4) is 0 Å². The average molecular weight is 236 g/mol. The van der Waals surface area contributed by atoms with Gasteiger partial charge in [0.1, 0.15) is 0 Å². The van der Waals surface area contributed by atoms with Crippen molar-refractivity contribution in [1.82, 2.24) is 19.8 Å². The van der Waals surface area contributed by atoms with Crippen LogP contribution in [0.2, 0.25) is 0 Å². The molecule has 1 N–H and O–H groups in total. The van der Waals surface area contributed by atoms with E-state index in [0.29, 0.717) is 6.54 Å². The molecule has 94 valence electrons. The molecular formula is C12H20N4O. The van der Waals surface area contributed by atoms with Crippen molar-refractivity contribution in [2.75, 3.05) is 13.1 Å². The summed E-state index contributed by atoms with van der Waals surface area (Å²) in [6, 6.07) is -0.122. The number of nitrogens with zero attached hydrogens (tertiary/aromatic N) is 3. The van der Waals surface area contributed by atoms with Crippen LogP contribution in [0.4, 0.5) is 0 Å². The molecule has 5 nitrogen and oxygen atoms in total. The van der Waals surface area contributed by atoms with Crippen LogP contribution in [0.5, 0.6) is 0 Å². The predicted octanol–water partition coefficient (Wildman–Crippen LogP) is 0.521. The van der Waals surface area contributed by atoms with Crippen LogP contribution in [-0.2, 0) is 18.4 Å². The van der Waals surface area contributed by atoms with Gasteiger partial charge in [0.2, 0.25) is 5.91 Å². The van der Waals surface area contributed by atoms with E-state index < -0.39 is 0 Å². The Hall–Kier alpha value is -1.36. The van der Waals surface area contributed by atoms with Crippen LogP contribution in [-0.4, -0.2) is 39.5 Å². The van der Waals surface area contributed by atoms with Crippen LogP contribution in [0.25, 0.3) is 0 Å². The number of hydrogen-bond donors (Lipinski definition) is 1. The number of likely N-dealkylation sites (tertiary alicyclic amines) is 1. The molecule has 1 aliphatic heterocycles. The zero-order valence-electron chi connectivity index (χ0n) is 10.5. The number of hydrogen-bond acceptors (Lipinski definition) is 3. The van der Waals surface area contributed by atoms with Gasteiger partial charge in [0.25, 0.3) is 0 Å². The minimum absolute atomic E-state index is 0.122. The first-order chi connectivity index (χ1) is 8.18. The number of aryl methyl sites for hydroxylation is 1. The molecule has 17 heavy (non-hydrogen) atoms. The van der Waals surface area contributed by atoms with E-state index in [1.807, 2.05) is 29.6 Å². The number of carbonyl (C=O) groups excluding carboxylic acids is 1. The summed E-state index contributed by atoms with van der Waals surface area (Å²) in [4.78, 5) is 18.0. The zero-order chi connectivity index (χ0) is 12.3. The van der Waals surface area contributed by atoms with Gasteiger partial charge in [-0.05, 0) is 19.8 Å². The molecule has 1 aliphatic rings. The smallest absolute Gasteiger partial charge is 0.239 e. The van der Waals surface area contributed by atoms with Crippen LogP contribution < -0.4 is 5.32 Å². The Bertz CT molecular complexity index is 382. The number of aromatic nitrogens is 2. The van der Waals surface area contributed by atoms with Gasteiger partial charge in [-0.3, -0.25) is 4.79 Å². The fraction of sp³-hybridized carbons (Fsp3) is 0.667. The predicted molar refractivity (Wildman–Crippen MR) is 65.3 cm³/mol. The molecule has 1 fully saturated rings. The number of nitrogens with one attached hydrogen (secondary N) is 1. The summed E-state index contributed by atoms with van der Waals surface area (Å²) in [5.41, 5.74) is 1.09. The first-order valence-electron chi connectivity index (χ1n) is 6.16. The molecule has 0 aliphatic carbocycles. The molecule has 2 heterocycles. The quantitative estimate of drug-likeness (QED) is 0.829. The molecule has 0 aromatic carbocycles. The summed E-state index contributed by atoms with van der Waals surface area (Å²) in [6.07, 6.45) is 5.87. The third kappa shape index (κ3) is 2.85. The van der Waals surface area contributed by atoms with E-state index in [0.717, 1.165) is 31.6 Å². The van der Waals surface area contributed by atoms with Gasteiger partial charge in [-0.2, -0.15) is 0 Å². The van der Waals surface area contributed by atoms with Crippen molar-refractivity contribution < 1.29 is 4.79 Å². The van der Waals surface area contributed by atoms with E-state index in [-0.39, 0.29) is 11.9 Å². The van der Waals surface area contributed by atoms with Crippen molar-refractivity contribution >= 4 is 5.91 Å². The van der Waals surface area contributed by atoms with Gasteiger partial charge in [0.15, 0.2) is 0 Å². The lowest BCUT2D eigenvalue weighted by molar-refractivity contribution is -0.132. The number of imidazole rings is 1. The molecular weight excluding hydrogens is 216 g/mol. The van der Waals surface area contributed by atoms with Crippen LogP contribution >= 0.6 is 0 Å². The maximum Gasteiger partial charge on any atom is 0.239 e. The second-order valence-corrected chi connectivity index (χ2v) is 4.63. The lowest BCUT2D eigenvalue weighted by Crippen LogP contribution is -2.43. The van der Waals surface area contributed by atoms with Gasteiger partial charge in [-0.1, -0.05) is 0 Å². The Kier molecular flexibility index (Phi) is 3.78. The van der Waals surface area contributed by atoms with Crippen molar-refractivity contribution in [3.8, 4) is 0 Å². The van der Waals surface area contributed by atoms with E-state index in [2.05, 4.69) is 10.3 Å². The highest BCUT2D eigenvalue weighted by Gasteiger charge is 2.22. The van der Waals surface area contributed by atoms with Gasteiger partial charge in [-0.25, -0.2) is 4.98 Å². The molecule has 0 bridgehead atoms. The van der Waals surface area contributed by atoms with E-state index in [1.165, 1.54) is 0 Å². The Morgan fingerprint density at radius 2 is 2.24 bits per heavy atom. The summed E-state index contributed by atoms with van der Waals surface area (Å²) in [7, 11) is 1.96. The Labute approximate surface area is 102 Å². The number of rotatable bonds is 4. The molecule has 1 amide bonds.